The molecule has 2 rings (SSSR count). The molecule has 0 unspecified atom stereocenters. The van der Waals surface area contributed by atoms with Crippen LogP contribution in [0.3, 0.4) is 0 Å². The van der Waals surface area contributed by atoms with E-state index in [2.05, 4.69) is 5.32 Å². The number of carbonyl (C=O) groups is 2. The second-order valence-electron chi connectivity index (χ2n) is 5.47. The third-order valence-electron chi connectivity index (χ3n) is 3.39. The molecule has 0 aliphatic carbocycles. The highest BCUT2D eigenvalue weighted by Crippen LogP contribution is 2.16. The van der Waals surface area contributed by atoms with Gasteiger partial charge in [0.05, 0.1) is 13.2 Å². The molecule has 2 N–H and O–H groups in total. The van der Waals surface area contributed by atoms with Crippen LogP contribution in [0.4, 0.5) is 0 Å². The van der Waals surface area contributed by atoms with E-state index in [1.165, 1.54) is 11.3 Å². The largest absolute Gasteiger partial charge is 0.494 e. The summed E-state index contributed by atoms with van der Waals surface area (Å²) in [4.78, 5) is 23.7. The Labute approximate surface area is 145 Å². The van der Waals surface area contributed by atoms with Gasteiger partial charge in [-0.1, -0.05) is 12.1 Å². The number of hydrogen-bond acceptors (Lipinski definition) is 4. The molecule has 0 aliphatic heterocycles. The number of rotatable bonds is 9. The first-order chi connectivity index (χ1) is 11.5. The third-order valence-corrected chi connectivity index (χ3v) is 4.46. The van der Waals surface area contributed by atoms with E-state index < -0.39 is 5.97 Å². The Morgan fingerprint density at radius 3 is 2.75 bits per heavy atom. The molecule has 1 amide bonds. The summed E-state index contributed by atoms with van der Waals surface area (Å²) in [6.07, 6.45) is 2.00. The maximum absolute atomic E-state index is 11.8. The lowest BCUT2D eigenvalue weighted by molar-refractivity contribution is -0.121. The fourth-order valence-corrected chi connectivity index (χ4v) is 2.93. The second kappa shape index (κ2) is 9.08. The van der Waals surface area contributed by atoms with Gasteiger partial charge in [0.1, 0.15) is 10.6 Å². The van der Waals surface area contributed by atoms with Crippen molar-refractivity contribution in [3.8, 4) is 5.75 Å². The molecule has 5 nitrogen and oxygen atoms in total. The summed E-state index contributed by atoms with van der Waals surface area (Å²) in [5.41, 5.74) is 1.16. The minimum Gasteiger partial charge on any atom is -0.494 e. The number of ether oxygens (including phenoxy) is 1. The van der Waals surface area contributed by atoms with Crippen LogP contribution in [0.25, 0.3) is 0 Å². The molecule has 0 saturated heterocycles. The maximum Gasteiger partial charge on any atom is 0.345 e. The number of thiophene rings is 1. The number of aromatic carboxylic acids is 1. The van der Waals surface area contributed by atoms with Crippen LogP contribution in [0.5, 0.6) is 5.75 Å². The maximum atomic E-state index is 11.8. The standard InChI is InChI=1S/C18H21NO4S/c1-13-5-4-6-14(11-13)23-10-3-2-7-17(20)19-12-15-8-9-16(24-15)18(21)22/h4-6,8-9,11H,2-3,7,10,12H2,1H3,(H,19,20)(H,21,22). The van der Waals surface area contributed by atoms with E-state index in [4.69, 9.17) is 9.84 Å². The topological polar surface area (TPSA) is 75.6 Å². The van der Waals surface area contributed by atoms with Gasteiger partial charge >= 0.3 is 5.97 Å². The van der Waals surface area contributed by atoms with E-state index in [-0.39, 0.29) is 10.8 Å². The highest BCUT2D eigenvalue weighted by molar-refractivity contribution is 7.13. The molecule has 0 atom stereocenters. The first-order valence-corrected chi connectivity index (χ1v) is 8.64. The predicted octanol–water partition coefficient (Wildman–Crippen LogP) is 3.62. The predicted molar refractivity (Wildman–Crippen MR) is 93.7 cm³/mol. The molecule has 0 aliphatic rings. The van der Waals surface area contributed by atoms with Crippen molar-refractivity contribution < 1.29 is 19.4 Å². The van der Waals surface area contributed by atoms with Crippen molar-refractivity contribution in [3.05, 3.63) is 51.7 Å². The molecule has 2 aromatic rings. The van der Waals surface area contributed by atoms with Crippen LogP contribution in [0.1, 0.15) is 39.4 Å². The summed E-state index contributed by atoms with van der Waals surface area (Å²) in [6, 6.07) is 11.2. The van der Waals surface area contributed by atoms with E-state index in [1.807, 2.05) is 31.2 Å². The Balaban J connectivity index is 1.58. The highest BCUT2D eigenvalue weighted by atomic mass is 32.1. The summed E-state index contributed by atoms with van der Waals surface area (Å²) in [5, 5.41) is 11.7. The second-order valence-corrected chi connectivity index (χ2v) is 6.64. The van der Waals surface area contributed by atoms with E-state index >= 15 is 0 Å². The lowest BCUT2D eigenvalue weighted by atomic mass is 10.2. The molecule has 0 fully saturated rings. The first-order valence-electron chi connectivity index (χ1n) is 7.83. The van der Waals surface area contributed by atoms with Crippen LogP contribution in [-0.2, 0) is 11.3 Å². The SMILES string of the molecule is Cc1cccc(OCCCCC(=O)NCc2ccc(C(=O)O)s2)c1. The molecule has 0 spiro atoms. The van der Waals surface area contributed by atoms with Crippen molar-refractivity contribution in [3.63, 3.8) is 0 Å². The van der Waals surface area contributed by atoms with Gasteiger partial charge in [-0.3, -0.25) is 4.79 Å². The van der Waals surface area contributed by atoms with Gasteiger partial charge in [-0.2, -0.15) is 0 Å². The summed E-state index contributed by atoms with van der Waals surface area (Å²) in [5.74, 6) is -0.117. The molecule has 128 valence electrons. The first kappa shape index (κ1) is 18.0. The molecule has 0 saturated carbocycles. The number of carbonyl (C=O) groups excluding carboxylic acids is 1. The van der Waals surface area contributed by atoms with Gasteiger partial charge in [0.2, 0.25) is 5.91 Å². The van der Waals surface area contributed by atoms with Crippen LogP contribution in [0.2, 0.25) is 0 Å². The monoisotopic (exact) mass is 347 g/mol. The smallest absolute Gasteiger partial charge is 0.345 e. The van der Waals surface area contributed by atoms with Gasteiger partial charge < -0.3 is 15.2 Å². The van der Waals surface area contributed by atoms with E-state index in [9.17, 15) is 9.59 Å². The lowest BCUT2D eigenvalue weighted by Crippen LogP contribution is -2.21. The molecular formula is C18H21NO4S. The minimum atomic E-state index is -0.939. The van der Waals surface area contributed by atoms with E-state index in [0.717, 1.165) is 29.0 Å². The number of carboxylic acids is 1. The molecule has 1 heterocycles. The average molecular weight is 347 g/mol. The van der Waals surface area contributed by atoms with Gasteiger partial charge in [0.25, 0.3) is 0 Å². The normalized spacial score (nSPS) is 10.4. The zero-order chi connectivity index (χ0) is 17.4. The van der Waals surface area contributed by atoms with E-state index in [1.54, 1.807) is 12.1 Å². The van der Waals surface area contributed by atoms with Gasteiger partial charge in [0, 0.05) is 11.3 Å². The summed E-state index contributed by atoms with van der Waals surface area (Å²) in [6.45, 7) is 2.98. The number of hydrogen-bond donors (Lipinski definition) is 2. The molecule has 1 aromatic carbocycles. The molecule has 1 aromatic heterocycles. The Morgan fingerprint density at radius 2 is 2.04 bits per heavy atom. The molecule has 0 radical (unpaired) electrons. The summed E-state index contributed by atoms with van der Waals surface area (Å²) < 4.78 is 5.64. The van der Waals surface area contributed by atoms with Crippen LogP contribution < -0.4 is 10.1 Å². The molecular weight excluding hydrogens is 326 g/mol. The molecule has 6 heteroatoms. The number of benzene rings is 1. The fraction of sp³-hybridized carbons (Fsp3) is 0.333. The summed E-state index contributed by atoms with van der Waals surface area (Å²) >= 11 is 1.18. The van der Waals surface area contributed by atoms with Gasteiger partial charge in [-0.25, -0.2) is 4.79 Å². The fourth-order valence-electron chi connectivity index (χ4n) is 2.14. The average Bonchev–Trinajstić information content (AvgIpc) is 3.02. The molecule has 24 heavy (non-hydrogen) atoms. The zero-order valence-electron chi connectivity index (χ0n) is 13.6. The van der Waals surface area contributed by atoms with E-state index in [0.29, 0.717) is 19.6 Å². The molecule has 0 bridgehead atoms. The number of amides is 1. The van der Waals surface area contributed by atoms with Gasteiger partial charge in [-0.05, 0) is 49.6 Å². The summed E-state index contributed by atoms with van der Waals surface area (Å²) in [7, 11) is 0. The quantitative estimate of drug-likeness (QED) is 0.679. The Bertz CT molecular complexity index is 696. The Kier molecular flexibility index (Phi) is 6.81. The Hall–Kier alpha value is -2.34. The van der Waals surface area contributed by atoms with Crippen molar-refractivity contribution in [2.45, 2.75) is 32.7 Å². The Morgan fingerprint density at radius 1 is 1.21 bits per heavy atom. The van der Waals surface area contributed by atoms with Gasteiger partial charge in [-0.15, -0.1) is 11.3 Å². The number of nitrogens with one attached hydrogen (secondary N) is 1. The number of aryl methyl sites for hydroxylation is 1. The van der Waals surface area contributed by atoms with Crippen molar-refractivity contribution in [2.24, 2.45) is 0 Å². The number of unbranched alkanes of at least 4 members (excludes halogenated alkanes) is 1. The van der Waals surface area contributed by atoms with Crippen molar-refractivity contribution in [1.29, 1.82) is 0 Å². The van der Waals surface area contributed by atoms with Crippen LogP contribution >= 0.6 is 11.3 Å². The minimum absolute atomic E-state index is 0.0316. The highest BCUT2D eigenvalue weighted by Gasteiger charge is 2.08. The van der Waals surface area contributed by atoms with Crippen LogP contribution in [-0.4, -0.2) is 23.6 Å². The lowest BCUT2D eigenvalue weighted by Gasteiger charge is -2.07. The van der Waals surface area contributed by atoms with Gasteiger partial charge in [0.15, 0.2) is 0 Å². The van der Waals surface area contributed by atoms with Crippen molar-refractivity contribution in [1.82, 2.24) is 5.32 Å². The van der Waals surface area contributed by atoms with Crippen LogP contribution in [0.15, 0.2) is 36.4 Å². The van der Waals surface area contributed by atoms with Crippen molar-refractivity contribution in [2.75, 3.05) is 6.61 Å². The van der Waals surface area contributed by atoms with Crippen LogP contribution in [0, 0.1) is 6.92 Å². The number of carboxylic acid groups (broad SMARTS) is 1. The third kappa shape index (κ3) is 6.04. The van der Waals surface area contributed by atoms with Crippen molar-refractivity contribution >= 4 is 23.2 Å². The zero-order valence-corrected chi connectivity index (χ0v) is 14.4.